The van der Waals surface area contributed by atoms with Crippen molar-refractivity contribution in [2.45, 2.75) is 52.1 Å². The van der Waals surface area contributed by atoms with E-state index >= 15 is 0 Å². The van der Waals surface area contributed by atoms with E-state index in [1.807, 2.05) is 30.3 Å². The van der Waals surface area contributed by atoms with E-state index in [0.717, 1.165) is 18.5 Å². The number of hydrogen-bond acceptors (Lipinski definition) is 2. The molecule has 0 aromatic heterocycles. The van der Waals surface area contributed by atoms with Crippen molar-refractivity contribution in [3.63, 3.8) is 0 Å². The molecule has 1 unspecified atom stereocenters. The van der Waals surface area contributed by atoms with Gasteiger partial charge in [-0.25, -0.2) is 0 Å². The van der Waals surface area contributed by atoms with E-state index in [2.05, 4.69) is 38.7 Å². The summed E-state index contributed by atoms with van der Waals surface area (Å²) in [5.41, 5.74) is 1.13. The molecule has 0 heterocycles. The fraction of sp³-hybridized carbons (Fsp3) is 0.562. The van der Waals surface area contributed by atoms with Crippen molar-refractivity contribution >= 4 is 0 Å². The van der Waals surface area contributed by atoms with Gasteiger partial charge in [-0.15, -0.1) is 0 Å². The van der Waals surface area contributed by atoms with Gasteiger partial charge in [0.2, 0.25) is 0 Å². The van der Waals surface area contributed by atoms with Gasteiger partial charge in [-0.3, -0.25) is 4.90 Å². The predicted molar refractivity (Wildman–Crippen MR) is 76.4 cm³/mol. The number of nitrogens with zero attached hydrogens (tertiary/aromatic N) is 2. The Bertz CT molecular complexity index is 368. The molecule has 0 N–H and O–H groups in total. The van der Waals surface area contributed by atoms with E-state index in [9.17, 15) is 5.26 Å². The minimum atomic E-state index is 0.00574. The monoisotopic (exact) mass is 244 g/mol. The van der Waals surface area contributed by atoms with Crippen LogP contribution in [-0.4, -0.2) is 23.5 Å². The lowest BCUT2D eigenvalue weighted by Gasteiger charge is -2.31. The molecule has 98 valence electrons. The summed E-state index contributed by atoms with van der Waals surface area (Å²) in [5, 5.41) is 9.30. The molecule has 0 fully saturated rings. The molecule has 18 heavy (non-hydrogen) atoms. The topological polar surface area (TPSA) is 27.0 Å². The van der Waals surface area contributed by atoms with Gasteiger partial charge in [-0.05, 0) is 39.7 Å². The van der Waals surface area contributed by atoms with Gasteiger partial charge in [0.15, 0.2) is 0 Å². The highest BCUT2D eigenvalue weighted by Crippen LogP contribution is 2.20. The van der Waals surface area contributed by atoms with Crippen LogP contribution in [0.2, 0.25) is 0 Å². The molecule has 1 aromatic carbocycles. The van der Waals surface area contributed by atoms with Gasteiger partial charge >= 0.3 is 0 Å². The summed E-state index contributed by atoms with van der Waals surface area (Å²) in [7, 11) is 0. The Balaban J connectivity index is 2.63. The van der Waals surface area contributed by atoms with Crippen LogP contribution < -0.4 is 0 Å². The summed E-state index contributed by atoms with van der Waals surface area (Å²) in [5.74, 6) is 0.00574. The molecule has 0 spiro atoms. The Morgan fingerprint density at radius 1 is 1.06 bits per heavy atom. The van der Waals surface area contributed by atoms with Crippen molar-refractivity contribution < 1.29 is 0 Å². The lowest BCUT2D eigenvalue weighted by molar-refractivity contribution is 0.171. The largest absolute Gasteiger partial charge is 0.298 e. The smallest absolute Gasteiger partial charge is 0.0724 e. The molecule has 0 amide bonds. The van der Waals surface area contributed by atoms with Gasteiger partial charge < -0.3 is 0 Å². The zero-order valence-electron chi connectivity index (χ0n) is 11.9. The summed E-state index contributed by atoms with van der Waals surface area (Å²) in [4.78, 5) is 2.44. The third kappa shape index (κ3) is 4.16. The molecule has 0 radical (unpaired) electrons. The van der Waals surface area contributed by atoms with Crippen molar-refractivity contribution in [2.24, 2.45) is 0 Å². The molecule has 1 aromatic rings. The van der Waals surface area contributed by atoms with Crippen LogP contribution >= 0.6 is 0 Å². The second-order valence-corrected chi connectivity index (χ2v) is 5.31. The molecular weight excluding hydrogens is 220 g/mol. The molecule has 2 nitrogen and oxygen atoms in total. The quantitative estimate of drug-likeness (QED) is 0.761. The first-order valence-electron chi connectivity index (χ1n) is 6.76. The minimum Gasteiger partial charge on any atom is -0.298 e. The van der Waals surface area contributed by atoms with E-state index in [4.69, 9.17) is 0 Å². The van der Waals surface area contributed by atoms with Gasteiger partial charge in [0, 0.05) is 18.6 Å². The van der Waals surface area contributed by atoms with Crippen LogP contribution in [0.25, 0.3) is 0 Å². The molecule has 0 aliphatic carbocycles. The first kappa shape index (κ1) is 14.7. The van der Waals surface area contributed by atoms with Gasteiger partial charge in [0.25, 0.3) is 0 Å². The van der Waals surface area contributed by atoms with Crippen LogP contribution in [0.5, 0.6) is 0 Å². The van der Waals surface area contributed by atoms with E-state index in [-0.39, 0.29) is 5.92 Å². The number of rotatable bonds is 6. The summed E-state index contributed by atoms with van der Waals surface area (Å²) in [6.45, 7) is 9.82. The maximum Gasteiger partial charge on any atom is 0.0724 e. The Morgan fingerprint density at radius 3 is 2.06 bits per heavy atom. The number of hydrogen-bond donors (Lipinski definition) is 0. The summed E-state index contributed by atoms with van der Waals surface area (Å²) in [6, 6.07) is 13.6. The van der Waals surface area contributed by atoms with Crippen LogP contribution in [-0.2, 0) is 0 Å². The SMILES string of the molecule is CC(C)N(CCC(C#N)c1ccccc1)C(C)C. The maximum atomic E-state index is 9.30. The first-order valence-corrected chi connectivity index (χ1v) is 6.76. The first-order chi connectivity index (χ1) is 8.56. The average Bonchev–Trinajstić information content (AvgIpc) is 2.34. The second kappa shape index (κ2) is 7.18. The third-order valence-corrected chi connectivity index (χ3v) is 3.36. The number of benzene rings is 1. The number of nitriles is 1. The fourth-order valence-electron chi connectivity index (χ4n) is 2.38. The Labute approximate surface area is 111 Å². The van der Waals surface area contributed by atoms with Crippen LogP contribution in [0, 0.1) is 11.3 Å². The van der Waals surface area contributed by atoms with Gasteiger partial charge in [-0.1, -0.05) is 30.3 Å². The molecular formula is C16H24N2. The Morgan fingerprint density at radius 2 is 1.61 bits per heavy atom. The lowest BCUT2D eigenvalue weighted by Crippen LogP contribution is -2.38. The minimum absolute atomic E-state index is 0.00574. The van der Waals surface area contributed by atoms with Crippen molar-refractivity contribution in [1.82, 2.24) is 4.90 Å². The van der Waals surface area contributed by atoms with Crippen LogP contribution in [0.1, 0.15) is 45.6 Å². The fourth-order valence-corrected chi connectivity index (χ4v) is 2.38. The second-order valence-electron chi connectivity index (χ2n) is 5.31. The standard InChI is InChI=1S/C16H24N2/c1-13(2)18(14(3)4)11-10-16(12-17)15-8-6-5-7-9-15/h5-9,13-14,16H,10-11H2,1-4H3. The van der Waals surface area contributed by atoms with Crippen molar-refractivity contribution in [3.05, 3.63) is 35.9 Å². The molecule has 1 atom stereocenters. The molecule has 0 saturated heterocycles. The van der Waals surface area contributed by atoms with Crippen LogP contribution in [0.3, 0.4) is 0 Å². The summed E-state index contributed by atoms with van der Waals surface area (Å²) < 4.78 is 0. The molecule has 1 rings (SSSR count). The molecule has 0 aliphatic rings. The zero-order chi connectivity index (χ0) is 13.5. The normalized spacial score (nSPS) is 13.0. The zero-order valence-corrected chi connectivity index (χ0v) is 11.9. The van der Waals surface area contributed by atoms with Gasteiger partial charge in [0.1, 0.15) is 0 Å². The molecule has 0 bridgehead atoms. The van der Waals surface area contributed by atoms with Crippen LogP contribution in [0.15, 0.2) is 30.3 Å². The average molecular weight is 244 g/mol. The summed E-state index contributed by atoms with van der Waals surface area (Å²) >= 11 is 0. The Hall–Kier alpha value is -1.33. The third-order valence-electron chi connectivity index (χ3n) is 3.36. The predicted octanol–water partition coefficient (Wildman–Crippen LogP) is 3.80. The molecule has 2 heteroatoms. The summed E-state index contributed by atoms with van der Waals surface area (Å²) in [6.07, 6.45) is 0.900. The van der Waals surface area contributed by atoms with E-state index in [1.54, 1.807) is 0 Å². The lowest BCUT2D eigenvalue weighted by atomic mass is 9.96. The van der Waals surface area contributed by atoms with Gasteiger partial charge in [0.05, 0.1) is 12.0 Å². The van der Waals surface area contributed by atoms with E-state index in [0.29, 0.717) is 12.1 Å². The highest BCUT2D eigenvalue weighted by Gasteiger charge is 2.16. The highest BCUT2D eigenvalue weighted by molar-refractivity contribution is 5.24. The molecule has 0 saturated carbocycles. The van der Waals surface area contributed by atoms with Crippen LogP contribution in [0.4, 0.5) is 0 Å². The van der Waals surface area contributed by atoms with Crippen molar-refractivity contribution in [1.29, 1.82) is 5.26 Å². The van der Waals surface area contributed by atoms with Gasteiger partial charge in [-0.2, -0.15) is 5.26 Å². The molecule has 0 aliphatic heterocycles. The van der Waals surface area contributed by atoms with Crippen molar-refractivity contribution in [2.75, 3.05) is 6.54 Å². The Kier molecular flexibility index (Phi) is 5.88. The maximum absolute atomic E-state index is 9.30. The van der Waals surface area contributed by atoms with Crippen molar-refractivity contribution in [3.8, 4) is 6.07 Å². The van der Waals surface area contributed by atoms with E-state index in [1.165, 1.54) is 0 Å². The van der Waals surface area contributed by atoms with E-state index < -0.39 is 0 Å². The highest BCUT2D eigenvalue weighted by atomic mass is 15.2.